The molecule has 19 heavy (non-hydrogen) atoms. The zero-order chi connectivity index (χ0) is 13.8. The van der Waals surface area contributed by atoms with E-state index in [1.54, 1.807) is 6.07 Å². The maximum Gasteiger partial charge on any atom is 0.292 e. The Balaban J connectivity index is 2.39. The molecule has 1 unspecified atom stereocenters. The monoisotopic (exact) mass is 282 g/mol. The van der Waals surface area contributed by atoms with Crippen molar-refractivity contribution in [2.24, 2.45) is 0 Å². The van der Waals surface area contributed by atoms with Gasteiger partial charge in [0.25, 0.3) is 5.69 Å². The molecule has 1 aliphatic rings. The van der Waals surface area contributed by atoms with Gasteiger partial charge in [-0.05, 0) is 37.3 Å². The smallest absolute Gasteiger partial charge is 0.292 e. The average molecular weight is 283 g/mol. The van der Waals surface area contributed by atoms with Crippen LogP contribution in [0.2, 0.25) is 0 Å². The second-order valence-electron chi connectivity index (χ2n) is 4.97. The van der Waals surface area contributed by atoms with Crippen molar-refractivity contribution in [1.82, 2.24) is 0 Å². The number of alkyl halides is 1. The van der Waals surface area contributed by atoms with Gasteiger partial charge in [0.2, 0.25) is 0 Å². The largest absolute Gasteiger partial charge is 0.363 e. The van der Waals surface area contributed by atoms with Crippen LogP contribution in [0, 0.1) is 10.1 Å². The molecule has 5 heteroatoms. The van der Waals surface area contributed by atoms with Crippen LogP contribution in [-0.2, 0) is 5.88 Å². The Morgan fingerprint density at radius 2 is 2.26 bits per heavy atom. The van der Waals surface area contributed by atoms with E-state index < -0.39 is 0 Å². The summed E-state index contributed by atoms with van der Waals surface area (Å²) in [7, 11) is 0. The second kappa shape index (κ2) is 6.24. The van der Waals surface area contributed by atoms with E-state index in [0.717, 1.165) is 37.1 Å². The molecule has 0 N–H and O–H groups in total. The van der Waals surface area contributed by atoms with E-state index in [0.29, 0.717) is 11.9 Å². The topological polar surface area (TPSA) is 46.4 Å². The molecule has 1 atom stereocenters. The quantitative estimate of drug-likeness (QED) is 0.474. The fraction of sp³-hybridized carbons (Fsp3) is 0.571. The molecule has 104 valence electrons. The lowest BCUT2D eigenvalue weighted by Gasteiger charge is -2.36. The standard InChI is InChI=1S/C14H19ClN2O2/c1-2-12-5-3-4-8-16(12)13-7-6-11(10-15)9-14(13)17(18)19/h6-7,9,12H,2-5,8,10H2,1H3. The second-order valence-corrected chi connectivity index (χ2v) is 5.23. The van der Waals surface area contributed by atoms with Crippen LogP contribution in [0.1, 0.15) is 38.2 Å². The third-order valence-electron chi connectivity index (χ3n) is 3.80. The molecular formula is C14H19ClN2O2. The Hall–Kier alpha value is -1.29. The maximum atomic E-state index is 11.3. The van der Waals surface area contributed by atoms with Crippen molar-refractivity contribution in [2.75, 3.05) is 11.4 Å². The molecular weight excluding hydrogens is 264 g/mol. The first-order valence-electron chi connectivity index (χ1n) is 6.77. The van der Waals surface area contributed by atoms with Crippen molar-refractivity contribution >= 4 is 23.0 Å². The van der Waals surface area contributed by atoms with E-state index in [2.05, 4.69) is 11.8 Å². The van der Waals surface area contributed by atoms with Crippen LogP contribution in [0.25, 0.3) is 0 Å². The lowest BCUT2D eigenvalue weighted by atomic mass is 9.98. The van der Waals surface area contributed by atoms with Gasteiger partial charge in [-0.2, -0.15) is 0 Å². The summed E-state index contributed by atoms with van der Waals surface area (Å²) >= 11 is 5.76. The number of benzene rings is 1. The molecule has 0 amide bonds. The van der Waals surface area contributed by atoms with E-state index in [4.69, 9.17) is 11.6 Å². The summed E-state index contributed by atoms with van der Waals surface area (Å²) in [5.74, 6) is 0.304. The predicted molar refractivity (Wildman–Crippen MR) is 77.9 cm³/mol. The lowest BCUT2D eigenvalue weighted by Crippen LogP contribution is -2.39. The first kappa shape index (κ1) is 14.1. The SMILES string of the molecule is CCC1CCCCN1c1ccc(CCl)cc1[N+](=O)[O-]. The molecule has 1 aromatic carbocycles. The zero-order valence-corrected chi connectivity index (χ0v) is 11.9. The normalized spacial score (nSPS) is 19.5. The molecule has 0 radical (unpaired) electrons. The van der Waals surface area contributed by atoms with E-state index in [-0.39, 0.29) is 10.6 Å². The Morgan fingerprint density at radius 1 is 1.47 bits per heavy atom. The Bertz CT molecular complexity index is 465. The number of anilines is 1. The van der Waals surface area contributed by atoms with Gasteiger partial charge in [0, 0.05) is 24.5 Å². The van der Waals surface area contributed by atoms with Crippen molar-refractivity contribution in [3.8, 4) is 0 Å². The van der Waals surface area contributed by atoms with Crippen molar-refractivity contribution in [3.63, 3.8) is 0 Å². The van der Waals surface area contributed by atoms with Gasteiger partial charge in [-0.1, -0.05) is 13.0 Å². The molecule has 0 aliphatic carbocycles. The predicted octanol–water partition coefficient (Wildman–Crippen LogP) is 4.10. The zero-order valence-electron chi connectivity index (χ0n) is 11.1. The van der Waals surface area contributed by atoms with E-state index >= 15 is 0 Å². The molecule has 1 heterocycles. The molecule has 1 fully saturated rings. The minimum absolute atomic E-state index is 0.179. The van der Waals surface area contributed by atoms with Crippen molar-refractivity contribution in [3.05, 3.63) is 33.9 Å². The number of nitro benzene ring substituents is 1. The van der Waals surface area contributed by atoms with Gasteiger partial charge in [-0.3, -0.25) is 10.1 Å². The van der Waals surface area contributed by atoms with Crippen LogP contribution < -0.4 is 4.90 Å². The summed E-state index contributed by atoms with van der Waals surface area (Å²) in [5, 5.41) is 11.3. The first-order chi connectivity index (χ1) is 9.17. The summed E-state index contributed by atoms with van der Waals surface area (Å²) in [6.45, 7) is 3.04. The third kappa shape index (κ3) is 3.00. The summed E-state index contributed by atoms with van der Waals surface area (Å²) < 4.78 is 0. The summed E-state index contributed by atoms with van der Waals surface area (Å²) in [5.41, 5.74) is 1.71. The number of rotatable bonds is 4. The van der Waals surface area contributed by atoms with Crippen LogP contribution in [0.15, 0.2) is 18.2 Å². The molecule has 2 rings (SSSR count). The Kier molecular flexibility index (Phi) is 4.64. The highest BCUT2D eigenvalue weighted by Gasteiger charge is 2.27. The van der Waals surface area contributed by atoms with E-state index in [9.17, 15) is 10.1 Å². The number of nitro groups is 1. The molecule has 1 saturated heterocycles. The van der Waals surface area contributed by atoms with E-state index in [1.165, 1.54) is 6.42 Å². The fourth-order valence-corrected chi connectivity index (χ4v) is 2.95. The highest BCUT2D eigenvalue weighted by Crippen LogP contribution is 2.34. The van der Waals surface area contributed by atoms with Crippen LogP contribution >= 0.6 is 11.6 Å². The highest BCUT2D eigenvalue weighted by molar-refractivity contribution is 6.17. The number of piperidine rings is 1. The van der Waals surface area contributed by atoms with Crippen LogP contribution in [-0.4, -0.2) is 17.5 Å². The summed E-state index contributed by atoms with van der Waals surface area (Å²) in [4.78, 5) is 13.2. The molecule has 4 nitrogen and oxygen atoms in total. The van der Waals surface area contributed by atoms with Crippen LogP contribution in [0.3, 0.4) is 0 Å². The first-order valence-corrected chi connectivity index (χ1v) is 7.30. The average Bonchev–Trinajstić information content (AvgIpc) is 2.46. The number of hydrogen-bond donors (Lipinski definition) is 0. The van der Waals surface area contributed by atoms with Crippen molar-refractivity contribution in [2.45, 2.75) is 44.5 Å². The van der Waals surface area contributed by atoms with E-state index in [1.807, 2.05) is 12.1 Å². The molecule has 0 saturated carbocycles. The molecule has 0 spiro atoms. The third-order valence-corrected chi connectivity index (χ3v) is 4.11. The van der Waals surface area contributed by atoms with Gasteiger partial charge >= 0.3 is 0 Å². The minimum Gasteiger partial charge on any atom is -0.363 e. The molecule has 1 aliphatic heterocycles. The summed E-state index contributed by atoms with van der Waals surface area (Å²) in [6.07, 6.45) is 4.45. The van der Waals surface area contributed by atoms with Crippen LogP contribution in [0.5, 0.6) is 0 Å². The Morgan fingerprint density at radius 3 is 2.89 bits per heavy atom. The van der Waals surface area contributed by atoms with Gasteiger partial charge in [0.05, 0.1) is 4.92 Å². The molecule has 0 bridgehead atoms. The van der Waals surface area contributed by atoms with Gasteiger partial charge < -0.3 is 4.90 Å². The van der Waals surface area contributed by atoms with Gasteiger partial charge in [-0.15, -0.1) is 11.6 Å². The number of nitrogens with zero attached hydrogens (tertiary/aromatic N) is 2. The minimum atomic E-state index is -0.299. The molecule has 0 aromatic heterocycles. The molecule has 1 aromatic rings. The van der Waals surface area contributed by atoms with Crippen LogP contribution in [0.4, 0.5) is 11.4 Å². The number of halogens is 1. The fourth-order valence-electron chi connectivity index (χ4n) is 2.78. The Labute approximate surface area is 118 Å². The van der Waals surface area contributed by atoms with Gasteiger partial charge in [0.1, 0.15) is 5.69 Å². The van der Waals surface area contributed by atoms with Crippen molar-refractivity contribution < 1.29 is 4.92 Å². The highest BCUT2D eigenvalue weighted by atomic mass is 35.5. The maximum absolute atomic E-state index is 11.3. The summed E-state index contributed by atoms with van der Waals surface area (Å²) in [6, 6.07) is 5.75. The van der Waals surface area contributed by atoms with Gasteiger partial charge in [0.15, 0.2) is 0 Å². The number of hydrogen-bond acceptors (Lipinski definition) is 3. The van der Waals surface area contributed by atoms with Crippen molar-refractivity contribution in [1.29, 1.82) is 0 Å². The lowest BCUT2D eigenvalue weighted by molar-refractivity contribution is -0.384. The van der Waals surface area contributed by atoms with Gasteiger partial charge in [-0.25, -0.2) is 0 Å².